The van der Waals surface area contributed by atoms with Gasteiger partial charge in [0.05, 0.1) is 23.1 Å². The number of esters is 1. The number of likely N-dealkylation sites (N-methyl/N-ethyl adjacent to an activating group) is 1. The third kappa shape index (κ3) is 5.59. The maximum atomic E-state index is 14.1. The van der Waals surface area contributed by atoms with Gasteiger partial charge in [0.15, 0.2) is 0 Å². The fourth-order valence-electron chi connectivity index (χ4n) is 5.05. The van der Waals surface area contributed by atoms with Crippen LogP contribution >= 0.6 is 0 Å². The van der Waals surface area contributed by atoms with Crippen molar-refractivity contribution in [2.45, 2.75) is 37.8 Å². The second-order valence-corrected chi connectivity index (χ2v) is 11.2. The van der Waals surface area contributed by atoms with Crippen LogP contribution < -0.4 is 5.32 Å². The zero-order chi connectivity index (χ0) is 27.4. The first-order chi connectivity index (χ1) is 18.2. The Bertz CT molecular complexity index is 1320. The van der Waals surface area contributed by atoms with Gasteiger partial charge in [-0.1, -0.05) is 30.3 Å². The van der Waals surface area contributed by atoms with Gasteiger partial charge in [-0.15, -0.1) is 0 Å². The molecule has 9 nitrogen and oxygen atoms in total. The van der Waals surface area contributed by atoms with Crippen molar-refractivity contribution in [3.8, 4) is 0 Å². The van der Waals surface area contributed by atoms with Crippen molar-refractivity contribution in [1.82, 2.24) is 19.4 Å². The van der Waals surface area contributed by atoms with Crippen LogP contribution in [0.15, 0.2) is 70.8 Å². The van der Waals surface area contributed by atoms with Crippen LogP contribution in [0.5, 0.6) is 0 Å². The number of nitrogens with zero attached hydrogens (tertiary/aromatic N) is 3. The predicted molar refractivity (Wildman–Crippen MR) is 140 cm³/mol. The highest BCUT2D eigenvalue weighted by molar-refractivity contribution is 7.89. The number of piperazine rings is 1. The molecule has 0 unspecified atom stereocenters. The number of urea groups is 1. The Labute approximate surface area is 222 Å². The zero-order valence-corrected chi connectivity index (χ0v) is 22.6. The molecule has 0 radical (unpaired) electrons. The van der Waals surface area contributed by atoms with Crippen LogP contribution in [0.25, 0.3) is 0 Å². The summed E-state index contributed by atoms with van der Waals surface area (Å²) in [6.07, 6.45) is 0. The molecule has 0 bridgehead atoms. The van der Waals surface area contributed by atoms with Crippen LogP contribution in [-0.4, -0.2) is 79.9 Å². The van der Waals surface area contributed by atoms with Crippen LogP contribution in [0.3, 0.4) is 0 Å². The molecule has 1 fully saturated rings. The third-order valence-electron chi connectivity index (χ3n) is 6.81. The van der Waals surface area contributed by atoms with Crippen molar-refractivity contribution in [2.24, 2.45) is 0 Å². The number of sulfonamides is 1. The van der Waals surface area contributed by atoms with Crippen LogP contribution in [-0.2, 0) is 19.6 Å². The number of rotatable bonds is 8. The van der Waals surface area contributed by atoms with Gasteiger partial charge in [0.25, 0.3) is 0 Å². The second-order valence-electron chi connectivity index (χ2n) is 9.28. The van der Waals surface area contributed by atoms with Gasteiger partial charge in [-0.05, 0) is 50.6 Å². The topological polar surface area (TPSA) is 99.3 Å². The minimum absolute atomic E-state index is 0.138. The number of carbonyl (C=O) groups excluding carboxylic acids is 2. The van der Waals surface area contributed by atoms with Gasteiger partial charge in [-0.25, -0.2) is 22.4 Å². The first kappa shape index (κ1) is 27.7. The lowest BCUT2D eigenvalue weighted by Crippen LogP contribution is -2.56. The molecular weight excluding hydrogens is 511 g/mol. The molecule has 0 saturated carbocycles. The van der Waals surface area contributed by atoms with Gasteiger partial charge < -0.3 is 10.1 Å². The molecule has 4 rings (SSSR count). The number of benzene rings is 2. The van der Waals surface area contributed by atoms with Crippen molar-refractivity contribution in [3.05, 3.63) is 77.2 Å². The van der Waals surface area contributed by atoms with Crippen LogP contribution in [0.1, 0.15) is 32.4 Å². The van der Waals surface area contributed by atoms with E-state index in [1.165, 1.54) is 27.4 Å². The van der Waals surface area contributed by atoms with Crippen molar-refractivity contribution in [3.63, 3.8) is 0 Å². The fraction of sp³-hybridized carbons (Fsp3) is 0.407. The van der Waals surface area contributed by atoms with E-state index in [1.807, 2.05) is 11.8 Å². The first-order valence-corrected chi connectivity index (χ1v) is 14.1. The molecule has 204 valence electrons. The normalized spacial score (nSPS) is 21.4. The molecule has 0 spiro atoms. The fourth-order valence-corrected chi connectivity index (χ4v) is 6.68. The lowest BCUT2D eigenvalue weighted by Gasteiger charge is -2.42. The van der Waals surface area contributed by atoms with Crippen molar-refractivity contribution in [2.75, 3.05) is 39.3 Å². The number of nitrogens with one attached hydrogen (secondary N) is 1. The highest BCUT2D eigenvalue weighted by atomic mass is 32.2. The molecule has 11 heteroatoms. The molecule has 0 aliphatic carbocycles. The number of carbonyl (C=O) groups is 2. The summed E-state index contributed by atoms with van der Waals surface area (Å²) in [7, 11) is -3.66. The van der Waals surface area contributed by atoms with E-state index < -0.39 is 33.9 Å². The molecule has 2 amide bonds. The molecule has 2 aliphatic heterocycles. The Kier molecular flexibility index (Phi) is 8.49. The number of ether oxygens (including phenoxy) is 1. The molecule has 2 aromatic carbocycles. The molecule has 1 N–H and O–H groups in total. The Balaban J connectivity index is 1.66. The van der Waals surface area contributed by atoms with E-state index in [1.54, 1.807) is 50.2 Å². The summed E-state index contributed by atoms with van der Waals surface area (Å²) in [6, 6.07) is 12.5. The monoisotopic (exact) mass is 544 g/mol. The minimum atomic E-state index is -3.66. The average Bonchev–Trinajstić information content (AvgIpc) is 2.89. The van der Waals surface area contributed by atoms with Gasteiger partial charge in [0, 0.05) is 44.5 Å². The van der Waals surface area contributed by atoms with Crippen molar-refractivity contribution in [1.29, 1.82) is 0 Å². The van der Waals surface area contributed by atoms with Gasteiger partial charge in [0.1, 0.15) is 5.82 Å². The van der Waals surface area contributed by atoms with E-state index in [-0.39, 0.29) is 36.2 Å². The highest BCUT2D eigenvalue weighted by Crippen LogP contribution is 2.33. The van der Waals surface area contributed by atoms with Crippen LogP contribution in [0, 0.1) is 5.82 Å². The summed E-state index contributed by atoms with van der Waals surface area (Å²) in [6.45, 7) is 7.07. The highest BCUT2D eigenvalue weighted by Gasteiger charge is 2.40. The van der Waals surface area contributed by atoms with E-state index in [2.05, 4.69) is 5.32 Å². The van der Waals surface area contributed by atoms with Gasteiger partial charge in [-0.3, -0.25) is 9.80 Å². The second kappa shape index (κ2) is 11.6. The molecule has 2 heterocycles. The summed E-state index contributed by atoms with van der Waals surface area (Å²) in [5.74, 6) is -1.07. The first-order valence-electron chi connectivity index (χ1n) is 12.7. The lowest BCUT2D eigenvalue weighted by atomic mass is 9.94. The van der Waals surface area contributed by atoms with E-state index in [4.69, 9.17) is 4.74 Å². The minimum Gasteiger partial charge on any atom is -0.463 e. The van der Waals surface area contributed by atoms with Gasteiger partial charge >= 0.3 is 12.0 Å². The number of amides is 2. The van der Waals surface area contributed by atoms with Crippen LogP contribution in [0.4, 0.5) is 9.18 Å². The molecular formula is C27H33FN4O5S. The lowest BCUT2D eigenvalue weighted by molar-refractivity contribution is -0.139. The number of hydrogen-bond donors (Lipinski definition) is 1. The molecule has 2 aromatic rings. The van der Waals surface area contributed by atoms with E-state index in [0.717, 1.165) is 0 Å². The Morgan fingerprint density at radius 3 is 2.47 bits per heavy atom. The number of halogens is 1. The van der Waals surface area contributed by atoms with E-state index >= 15 is 0 Å². The smallest absolute Gasteiger partial charge is 0.338 e. The van der Waals surface area contributed by atoms with Crippen molar-refractivity contribution < 1.29 is 27.1 Å². The molecule has 1 saturated heterocycles. The van der Waals surface area contributed by atoms with E-state index in [0.29, 0.717) is 30.9 Å². The summed E-state index contributed by atoms with van der Waals surface area (Å²) >= 11 is 0. The Hall–Kier alpha value is -3.28. The van der Waals surface area contributed by atoms with Gasteiger partial charge in [-0.2, -0.15) is 4.31 Å². The quantitative estimate of drug-likeness (QED) is 0.513. The average molecular weight is 545 g/mol. The summed E-state index contributed by atoms with van der Waals surface area (Å²) in [5.41, 5.74) is 1.14. The van der Waals surface area contributed by atoms with Gasteiger partial charge in [0.2, 0.25) is 10.0 Å². The third-order valence-corrected chi connectivity index (χ3v) is 8.83. The summed E-state index contributed by atoms with van der Waals surface area (Å²) in [5, 5.41) is 2.83. The van der Waals surface area contributed by atoms with Crippen molar-refractivity contribution >= 4 is 22.0 Å². The summed E-state index contributed by atoms with van der Waals surface area (Å²) < 4.78 is 47.4. The molecule has 38 heavy (non-hydrogen) atoms. The maximum absolute atomic E-state index is 14.1. The molecule has 0 aromatic heterocycles. The van der Waals surface area contributed by atoms with E-state index in [9.17, 15) is 22.4 Å². The zero-order valence-electron chi connectivity index (χ0n) is 21.8. The standard InChI is InChI=1S/C27H33FN4O5S/c1-4-31-23(18-30-14-15-32(19(3)17-30)38(35,36)22-12-7-6-8-13-22)24(26(33)37-5-2)25(29-27(31)34)20-10-9-11-21(28)16-20/h6-13,16,19,25H,4-5,14-15,17-18H2,1-3H3,(H,29,34)/t19-,25-/m1/s1. The SMILES string of the molecule is CCOC(=O)C1=C(CN2CCN(S(=O)(=O)c3ccccc3)[C@H](C)C2)N(CC)C(=O)N[C@@H]1c1cccc(F)c1. The summed E-state index contributed by atoms with van der Waals surface area (Å²) in [4.78, 5) is 30.1. The Morgan fingerprint density at radius 1 is 1.11 bits per heavy atom. The Morgan fingerprint density at radius 2 is 1.84 bits per heavy atom. The number of hydrogen-bond acceptors (Lipinski definition) is 6. The predicted octanol–water partition coefficient (Wildman–Crippen LogP) is 3.12. The maximum Gasteiger partial charge on any atom is 0.338 e. The molecule has 2 atom stereocenters. The largest absolute Gasteiger partial charge is 0.463 e. The van der Waals surface area contributed by atoms with Crippen LogP contribution in [0.2, 0.25) is 0 Å². The molecule has 2 aliphatic rings.